The monoisotopic (exact) mass is 284 g/mol. The minimum atomic E-state index is -0.214. The SMILES string of the molecule is CNC(=O)c1c(N)nsc1NC1CC(OC)C1(C)C. The first-order valence-corrected chi connectivity index (χ1v) is 6.95. The number of aromatic nitrogens is 1. The van der Waals surface area contributed by atoms with Crippen molar-refractivity contribution in [3.05, 3.63) is 5.56 Å². The van der Waals surface area contributed by atoms with Crippen LogP contribution in [0.4, 0.5) is 10.8 Å². The van der Waals surface area contributed by atoms with Gasteiger partial charge in [0.15, 0.2) is 5.82 Å². The number of nitrogen functional groups attached to an aromatic ring is 1. The molecular formula is C12H20N4O2S. The number of amides is 1. The molecule has 1 amide bonds. The maximum absolute atomic E-state index is 11.8. The fraction of sp³-hybridized carbons (Fsp3) is 0.667. The summed E-state index contributed by atoms with van der Waals surface area (Å²) in [4.78, 5) is 11.8. The van der Waals surface area contributed by atoms with Gasteiger partial charge in [0.05, 0.1) is 6.10 Å². The smallest absolute Gasteiger partial charge is 0.257 e. The highest BCUT2D eigenvalue weighted by Gasteiger charge is 2.49. The second kappa shape index (κ2) is 4.97. The predicted molar refractivity (Wildman–Crippen MR) is 76.5 cm³/mol. The van der Waals surface area contributed by atoms with Crippen LogP contribution in [0.5, 0.6) is 0 Å². The predicted octanol–water partition coefficient (Wildman–Crippen LogP) is 1.31. The minimum absolute atomic E-state index is 0.0213. The molecule has 1 heterocycles. The molecule has 7 heteroatoms. The third kappa shape index (κ3) is 2.28. The number of nitrogens with two attached hydrogens (primary N) is 1. The largest absolute Gasteiger partial charge is 0.382 e. The Labute approximate surface area is 116 Å². The van der Waals surface area contributed by atoms with Gasteiger partial charge in [0.25, 0.3) is 5.91 Å². The van der Waals surface area contributed by atoms with Crippen LogP contribution in [-0.4, -0.2) is 36.6 Å². The molecule has 0 aliphatic heterocycles. The van der Waals surface area contributed by atoms with Gasteiger partial charge in [-0.2, -0.15) is 4.37 Å². The highest BCUT2D eigenvalue weighted by Crippen LogP contribution is 2.45. The van der Waals surface area contributed by atoms with E-state index in [0.29, 0.717) is 5.56 Å². The van der Waals surface area contributed by atoms with Gasteiger partial charge in [-0.25, -0.2) is 0 Å². The van der Waals surface area contributed by atoms with Crippen LogP contribution in [0.3, 0.4) is 0 Å². The third-order valence-electron chi connectivity index (χ3n) is 3.94. The summed E-state index contributed by atoms with van der Waals surface area (Å²) < 4.78 is 9.47. The molecule has 106 valence electrons. The maximum Gasteiger partial charge on any atom is 0.257 e. The second-order valence-electron chi connectivity index (χ2n) is 5.33. The molecule has 1 fully saturated rings. The summed E-state index contributed by atoms with van der Waals surface area (Å²) in [5.41, 5.74) is 6.20. The van der Waals surface area contributed by atoms with Gasteiger partial charge in [-0.05, 0) is 18.0 Å². The number of carbonyl (C=O) groups is 1. The zero-order chi connectivity index (χ0) is 14.2. The van der Waals surface area contributed by atoms with Crippen molar-refractivity contribution < 1.29 is 9.53 Å². The standard InChI is InChI=1S/C12H20N4O2S/c1-12(2)6(5-7(12)18-4)15-11-8(10(17)14-3)9(13)16-19-11/h6-7,15H,5H2,1-4H3,(H2,13,16)(H,14,17). The first-order chi connectivity index (χ1) is 8.91. The van der Waals surface area contributed by atoms with Crippen LogP contribution in [0.2, 0.25) is 0 Å². The number of nitrogens with zero attached hydrogens (tertiary/aromatic N) is 1. The average molecular weight is 284 g/mol. The average Bonchev–Trinajstić information content (AvgIpc) is 2.74. The van der Waals surface area contributed by atoms with E-state index in [9.17, 15) is 4.79 Å². The molecule has 0 aromatic carbocycles. The van der Waals surface area contributed by atoms with Gasteiger partial charge in [0, 0.05) is 25.6 Å². The van der Waals surface area contributed by atoms with Crippen molar-refractivity contribution in [2.75, 3.05) is 25.2 Å². The van der Waals surface area contributed by atoms with Gasteiger partial charge in [0.2, 0.25) is 0 Å². The second-order valence-corrected chi connectivity index (χ2v) is 6.10. The summed E-state index contributed by atoms with van der Waals surface area (Å²) in [6, 6.07) is 0.251. The molecule has 19 heavy (non-hydrogen) atoms. The van der Waals surface area contributed by atoms with Crippen LogP contribution in [0.25, 0.3) is 0 Å². The van der Waals surface area contributed by atoms with E-state index in [1.54, 1.807) is 14.2 Å². The number of hydrogen-bond donors (Lipinski definition) is 3. The van der Waals surface area contributed by atoms with E-state index >= 15 is 0 Å². The number of ether oxygens (including phenoxy) is 1. The Morgan fingerprint density at radius 2 is 2.26 bits per heavy atom. The summed E-state index contributed by atoms with van der Waals surface area (Å²) >= 11 is 1.22. The maximum atomic E-state index is 11.8. The molecule has 4 N–H and O–H groups in total. The van der Waals surface area contributed by atoms with E-state index in [4.69, 9.17) is 10.5 Å². The van der Waals surface area contributed by atoms with Crippen molar-refractivity contribution in [1.29, 1.82) is 0 Å². The summed E-state index contributed by atoms with van der Waals surface area (Å²) in [5.74, 6) is 0.0569. The lowest BCUT2D eigenvalue weighted by Crippen LogP contribution is -2.57. The van der Waals surface area contributed by atoms with Crippen molar-refractivity contribution in [3.8, 4) is 0 Å². The van der Waals surface area contributed by atoms with Crippen LogP contribution in [0.15, 0.2) is 0 Å². The van der Waals surface area contributed by atoms with Crippen LogP contribution >= 0.6 is 11.5 Å². The summed E-state index contributed by atoms with van der Waals surface area (Å²) in [6.45, 7) is 4.29. The van der Waals surface area contributed by atoms with E-state index in [0.717, 1.165) is 11.4 Å². The fourth-order valence-corrected chi connectivity index (χ4v) is 3.20. The van der Waals surface area contributed by atoms with Gasteiger partial charge >= 0.3 is 0 Å². The zero-order valence-electron chi connectivity index (χ0n) is 11.6. The Balaban J connectivity index is 2.15. The van der Waals surface area contributed by atoms with Crippen molar-refractivity contribution in [1.82, 2.24) is 9.69 Å². The first-order valence-electron chi connectivity index (χ1n) is 6.18. The first kappa shape index (κ1) is 14.1. The minimum Gasteiger partial charge on any atom is -0.382 e. The Hall–Kier alpha value is -1.34. The number of nitrogens with one attached hydrogen (secondary N) is 2. The lowest BCUT2D eigenvalue weighted by atomic mass is 9.64. The van der Waals surface area contributed by atoms with Crippen molar-refractivity contribution in [2.24, 2.45) is 5.41 Å². The Kier molecular flexibility index (Phi) is 3.69. The van der Waals surface area contributed by atoms with Crippen molar-refractivity contribution in [3.63, 3.8) is 0 Å². The Morgan fingerprint density at radius 3 is 2.79 bits per heavy atom. The molecule has 0 saturated heterocycles. The molecule has 1 aromatic rings. The number of rotatable bonds is 4. The molecule has 2 atom stereocenters. The normalized spacial score (nSPS) is 24.6. The van der Waals surface area contributed by atoms with E-state index in [-0.39, 0.29) is 29.3 Å². The van der Waals surface area contributed by atoms with Crippen LogP contribution < -0.4 is 16.4 Å². The molecule has 1 saturated carbocycles. The number of methoxy groups -OCH3 is 1. The molecule has 1 aliphatic carbocycles. The van der Waals surface area contributed by atoms with Gasteiger partial charge in [-0.3, -0.25) is 4.79 Å². The molecule has 2 rings (SSSR count). The molecule has 2 unspecified atom stereocenters. The van der Waals surface area contributed by atoms with E-state index in [1.807, 2.05) is 0 Å². The number of anilines is 2. The van der Waals surface area contributed by atoms with Crippen LogP contribution in [0.1, 0.15) is 30.6 Å². The molecule has 6 nitrogen and oxygen atoms in total. The van der Waals surface area contributed by atoms with Crippen molar-refractivity contribution in [2.45, 2.75) is 32.4 Å². The summed E-state index contributed by atoms with van der Waals surface area (Å²) in [7, 11) is 3.31. The molecule has 1 aromatic heterocycles. The van der Waals surface area contributed by atoms with Gasteiger partial charge in [-0.1, -0.05) is 13.8 Å². The number of hydrogen-bond acceptors (Lipinski definition) is 6. The van der Waals surface area contributed by atoms with E-state index < -0.39 is 0 Å². The molecule has 1 aliphatic rings. The lowest BCUT2D eigenvalue weighted by Gasteiger charge is -2.51. The van der Waals surface area contributed by atoms with Crippen LogP contribution in [-0.2, 0) is 4.74 Å². The van der Waals surface area contributed by atoms with Crippen LogP contribution in [0, 0.1) is 5.41 Å². The Bertz CT molecular complexity index is 486. The Morgan fingerprint density at radius 1 is 1.58 bits per heavy atom. The van der Waals surface area contributed by atoms with Gasteiger partial charge < -0.3 is 21.1 Å². The summed E-state index contributed by atoms with van der Waals surface area (Å²) in [6.07, 6.45) is 1.15. The third-order valence-corrected chi connectivity index (χ3v) is 4.73. The lowest BCUT2D eigenvalue weighted by molar-refractivity contribution is -0.0793. The highest BCUT2D eigenvalue weighted by atomic mass is 32.1. The molecular weight excluding hydrogens is 264 g/mol. The highest BCUT2D eigenvalue weighted by molar-refractivity contribution is 7.11. The molecule has 0 spiro atoms. The quantitative estimate of drug-likeness (QED) is 0.775. The van der Waals surface area contributed by atoms with Gasteiger partial charge in [0.1, 0.15) is 10.6 Å². The van der Waals surface area contributed by atoms with Gasteiger partial charge in [-0.15, -0.1) is 0 Å². The topological polar surface area (TPSA) is 89.3 Å². The van der Waals surface area contributed by atoms with E-state index in [2.05, 4.69) is 28.9 Å². The molecule has 0 radical (unpaired) electrons. The molecule has 0 bridgehead atoms. The van der Waals surface area contributed by atoms with E-state index in [1.165, 1.54) is 11.5 Å². The summed E-state index contributed by atoms with van der Waals surface area (Å²) in [5, 5.41) is 6.68. The zero-order valence-corrected chi connectivity index (χ0v) is 12.4. The fourth-order valence-electron chi connectivity index (χ4n) is 2.43. The number of carbonyl (C=O) groups excluding carboxylic acids is 1. The van der Waals surface area contributed by atoms with Crippen molar-refractivity contribution >= 4 is 28.3 Å².